The lowest BCUT2D eigenvalue weighted by molar-refractivity contribution is -0.139. The second kappa shape index (κ2) is 8.08. The third-order valence-electron chi connectivity index (χ3n) is 3.01. The Kier molecular flexibility index (Phi) is 7.59. The summed E-state index contributed by atoms with van der Waals surface area (Å²) in [6.07, 6.45) is -0.266. The van der Waals surface area contributed by atoms with Crippen molar-refractivity contribution in [1.82, 2.24) is 0 Å². The quantitative estimate of drug-likeness (QED) is 0.735. The van der Waals surface area contributed by atoms with Gasteiger partial charge >= 0.3 is 5.97 Å². The number of hydrogen-bond acceptors (Lipinski definition) is 3. The molecule has 3 unspecified atom stereocenters. The van der Waals surface area contributed by atoms with E-state index in [1.807, 2.05) is 25.1 Å². The van der Waals surface area contributed by atoms with Crippen LogP contribution >= 0.6 is 12.4 Å². The van der Waals surface area contributed by atoms with Gasteiger partial charge < -0.3 is 15.9 Å². The van der Waals surface area contributed by atoms with Crippen molar-refractivity contribution >= 4 is 18.4 Å². The van der Waals surface area contributed by atoms with Gasteiger partial charge in [0.25, 0.3) is 0 Å². The van der Waals surface area contributed by atoms with Gasteiger partial charge in [0.2, 0.25) is 0 Å². The number of benzene rings is 1. The Morgan fingerprint density at radius 1 is 1.33 bits per heavy atom. The van der Waals surface area contributed by atoms with Gasteiger partial charge in [-0.05, 0) is 17.9 Å². The molecular weight excluding hydrogens is 254 g/mol. The minimum absolute atomic E-state index is 0. The van der Waals surface area contributed by atoms with Crippen LogP contribution in [-0.4, -0.2) is 28.8 Å². The van der Waals surface area contributed by atoms with E-state index in [-0.39, 0.29) is 24.9 Å². The van der Waals surface area contributed by atoms with Gasteiger partial charge in [0.15, 0.2) is 0 Å². The standard InChI is InChI=1S/C13H19NO3.ClH/c1-9(12(15)8-14)7-11(13(16)17)10-5-3-2-4-6-10;/h2-6,9,11-12,15H,7-8,14H2,1H3,(H,16,17);1H. The predicted octanol–water partition coefficient (Wildman–Crippen LogP) is 1.62. The lowest BCUT2D eigenvalue weighted by Crippen LogP contribution is -2.29. The second-order valence-corrected chi connectivity index (χ2v) is 4.32. The fourth-order valence-corrected chi connectivity index (χ4v) is 1.83. The highest BCUT2D eigenvalue weighted by Crippen LogP contribution is 2.25. The third-order valence-corrected chi connectivity index (χ3v) is 3.01. The van der Waals surface area contributed by atoms with E-state index >= 15 is 0 Å². The van der Waals surface area contributed by atoms with Crippen LogP contribution in [-0.2, 0) is 4.79 Å². The molecule has 0 aromatic heterocycles. The van der Waals surface area contributed by atoms with E-state index in [0.717, 1.165) is 5.56 Å². The van der Waals surface area contributed by atoms with Crippen molar-refractivity contribution < 1.29 is 15.0 Å². The molecule has 0 heterocycles. The van der Waals surface area contributed by atoms with Crippen LogP contribution in [0.1, 0.15) is 24.8 Å². The molecule has 0 radical (unpaired) electrons. The van der Waals surface area contributed by atoms with Crippen LogP contribution in [0.3, 0.4) is 0 Å². The van der Waals surface area contributed by atoms with Crippen LogP contribution in [0.4, 0.5) is 0 Å². The molecule has 0 bridgehead atoms. The van der Waals surface area contributed by atoms with E-state index in [9.17, 15) is 15.0 Å². The topological polar surface area (TPSA) is 83.5 Å². The van der Waals surface area contributed by atoms with E-state index in [4.69, 9.17) is 5.73 Å². The molecule has 0 aliphatic heterocycles. The molecule has 5 heteroatoms. The van der Waals surface area contributed by atoms with Crippen LogP contribution < -0.4 is 5.73 Å². The van der Waals surface area contributed by atoms with Gasteiger partial charge in [0.05, 0.1) is 12.0 Å². The van der Waals surface area contributed by atoms with E-state index in [1.165, 1.54) is 0 Å². The number of halogens is 1. The van der Waals surface area contributed by atoms with Gasteiger partial charge in [-0.1, -0.05) is 37.3 Å². The Hall–Kier alpha value is -1.10. The van der Waals surface area contributed by atoms with Crippen LogP contribution in [0.2, 0.25) is 0 Å². The summed E-state index contributed by atoms with van der Waals surface area (Å²) in [7, 11) is 0. The number of carboxylic acids is 1. The highest BCUT2D eigenvalue weighted by Gasteiger charge is 2.25. The van der Waals surface area contributed by atoms with Gasteiger partial charge in [-0.3, -0.25) is 4.79 Å². The zero-order valence-corrected chi connectivity index (χ0v) is 11.1. The predicted molar refractivity (Wildman–Crippen MR) is 72.9 cm³/mol. The minimum atomic E-state index is -0.868. The Bertz CT molecular complexity index is 359. The fraction of sp³-hybridized carbons (Fsp3) is 0.462. The summed E-state index contributed by atoms with van der Waals surface area (Å²) in [4.78, 5) is 11.2. The molecule has 0 aliphatic carbocycles. The monoisotopic (exact) mass is 273 g/mol. The van der Waals surface area contributed by atoms with Crippen LogP contribution in [0.5, 0.6) is 0 Å². The lowest BCUT2D eigenvalue weighted by Gasteiger charge is -2.21. The summed E-state index contributed by atoms with van der Waals surface area (Å²) in [6.45, 7) is 1.97. The first-order chi connectivity index (χ1) is 8.06. The zero-order valence-electron chi connectivity index (χ0n) is 10.3. The second-order valence-electron chi connectivity index (χ2n) is 4.32. The van der Waals surface area contributed by atoms with Crippen molar-refractivity contribution in [2.75, 3.05) is 6.54 Å². The Morgan fingerprint density at radius 2 is 1.89 bits per heavy atom. The zero-order chi connectivity index (χ0) is 12.8. The Labute approximate surface area is 113 Å². The van der Waals surface area contributed by atoms with Gasteiger partial charge in [-0.25, -0.2) is 0 Å². The first-order valence-electron chi connectivity index (χ1n) is 5.72. The maximum absolute atomic E-state index is 11.2. The first-order valence-corrected chi connectivity index (χ1v) is 5.72. The average molecular weight is 274 g/mol. The van der Waals surface area contributed by atoms with Crippen molar-refractivity contribution in [3.8, 4) is 0 Å². The highest BCUT2D eigenvalue weighted by atomic mass is 35.5. The van der Waals surface area contributed by atoms with Crippen LogP contribution in [0.25, 0.3) is 0 Å². The molecule has 102 valence electrons. The summed E-state index contributed by atoms with van der Waals surface area (Å²) in [6, 6.07) is 9.06. The van der Waals surface area contributed by atoms with Crippen molar-refractivity contribution in [2.24, 2.45) is 11.7 Å². The normalized spacial score (nSPS) is 15.3. The van der Waals surface area contributed by atoms with E-state index in [1.54, 1.807) is 12.1 Å². The van der Waals surface area contributed by atoms with E-state index in [2.05, 4.69) is 0 Å². The Balaban J connectivity index is 0.00000289. The number of carboxylic acid groups (broad SMARTS) is 1. The summed E-state index contributed by atoms with van der Waals surface area (Å²) in [5.41, 5.74) is 6.13. The summed E-state index contributed by atoms with van der Waals surface area (Å²) >= 11 is 0. The van der Waals surface area contributed by atoms with Crippen LogP contribution in [0, 0.1) is 5.92 Å². The third kappa shape index (κ3) is 4.64. The molecule has 4 nitrogen and oxygen atoms in total. The number of aliphatic hydroxyl groups excluding tert-OH is 1. The average Bonchev–Trinajstić information content (AvgIpc) is 2.35. The van der Waals surface area contributed by atoms with Gasteiger partial charge in [-0.2, -0.15) is 0 Å². The van der Waals surface area contributed by atoms with Crippen molar-refractivity contribution in [2.45, 2.75) is 25.4 Å². The summed E-state index contributed by atoms with van der Waals surface area (Å²) < 4.78 is 0. The maximum atomic E-state index is 11.2. The van der Waals surface area contributed by atoms with Gasteiger partial charge in [-0.15, -0.1) is 12.4 Å². The van der Waals surface area contributed by atoms with Gasteiger partial charge in [0.1, 0.15) is 0 Å². The molecule has 0 saturated carbocycles. The van der Waals surface area contributed by atoms with Crippen molar-refractivity contribution in [1.29, 1.82) is 0 Å². The molecule has 0 fully saturated rings. The largest absolute Gasteiger partial charge is 0.481 e. The van der Waals surface area contributed by atoms with E-state index in [0.29, 0.717) is 6.42 Å². The number of rotatable bonds is 6. The molecule has 0 spiro atoms. The Morgan fingerprint density at radius 3 is 2.33 bits per heavy atom. The van der Waals surface area contributed by atoms with Crippen LogP contribution in [0.15, 0.2) is 30.3 Å². The maximum Gasteiger partial charge on any atom is 0.310 e. The molecule has 1 rings (SSSR count). The summed E-state index contributed by atoms with van der Waals surface area (Å²) in [5, 5.41) is 18.8. The summed E-state index contributed by atoms with van der Waals surface area (Å²) in [5.74, 6) is -1.60. The van der Waals surface area contributed by atoms with E-state index < -0.39 is 18.0 Å². The molecule has 18 heavy (non-hydrogen) atoms. The molecule has 3 atom stereocenters. The first kappa shape index (κ1) is 16.9. The molecule has 4 N–H and O–H groups in total. The number of aliphatic hydroxyl groups is 1. The number of carbonyl (C=O) groups is 1. The lowest BCUT2D eigenvalue weighted by atomic mass is 9.87. The van der Waals surface area contributed by atoms with Crippen molar-refractivity contribution in [3.63, 3.8) is 0 Å². The molecule has 0 saturated heterocycles. The number of nitrogens with two attached hydrogens (primary N) is 1. The molecule has 0 aliphatic rings. The number of hydrogen-bond donors (Lipinski definition) is 3. The minimum Gasteiger partial charge on any atom is -0.481 e. The molecule has 1 aromatic rings. The molecule has 1 aromatic carbocycles. The molecule has 0 amide bonds. The smallest absolute Gasteiger partial charge is 0.310 e. The van der Waals surface area contributed by atoms with Gasteiger partial charge in [0, 0.05) is 6.54 Å². The number of aliphatic carboxylic acids is 1. The molecular formula is C13H20ClNO3. The van der Waals surface area contributed by atoms with Crippen molar-refractivity contribution in [3.05, 3.63) is 35.9 Å². The highest BCUT2D eigenvalue weighted by molar-refractivity contribution is 5.85. The SMILES string of the molecule is CC(CC(C(=O)O)c1ccccc1)C(O)CN.Cl. The fourth-order valence-electron chi connectivity index (χ4n) is 1.83.